The van der Waals surface area contributed by atoms with E-state index >= 15 is 0 Å². The molecule has 0 amide bonds. The molecule has 0 aliphatic carbocycles. The first-order chi connectivity index (χ1) is 12.2. The van der Waals surface area contributed by atoms with E-state index in [0.717, 1.165) is 43.0 Å². The quantitative estimate of drug-likeness (QED) is 0.736. The molecule has 124 valence electrons. The highest BCUT2D eigenvalue weighted by atomic mass is 15.2. The zero-order valence-corrected chi connectivity index (χ0v) is 14.7. The molecule has 0 unspecified atom stereocenters. The minimum atomic E-state index is 0.652. The van der Waals surface area contributed by atoms with Crippen molar-refractivity contribution in [3.05, 3.63) is 70.4 Å². The van der Waals surface area contributed by atoms with Crippen molar-refractivity contribution in [2.24, 2.45) is 0 Å². The molecule has 1 aliphatic rings. The van der Waals surface area contributed by atoms with Gasteiger partial charge in [-0.25, -0.2) is 4.98 Å². The van der Waals surface area contributed by atoms with Gasteiger partial charge in [-0.05, 0) is 56.5 Å². The number of rotatable bonds is 1. The first-order valence-corrected chi connectivity index (χ1v) is 8.56. The minimum absolute atomic E-state index is 0.652. The van der Waals surface area contributed by atoms with E-state index in [0.29, 0.717) is 5.56 Å². The molecule has 0 radical (unpaired) electrons. The van der Waals surface area contributed by atoms with E-state index in [1.54, 1.807) is 0 Å². The van der Waals surface area contributed by atoms with E-state index < -0.39 is 0 Å². The molecule has 2 heterocycles. The first kappa shape index (κ1) is 16.8. The van der Waals surface area contributed by atoms with Crippen LogP contribution in [0.15, 0.2) is 53.6 Å². The Morgan fingerprint density at radius 2 is 1.80 bits per heavy atom. The van der Waals surface area contributed by atoms with Gasteiger partial charge >= 0.3 is 0 Å². The summed E-state index contributed by atoms with van der Waals surface area (Å²) in [6.45, 7) is 5.82. The average Bonchev–Trinajstić information content (AvgIpc) is 2.67. The van der Waals surface area contributed by atoms with Gasteiger partial charge in [-0.15, -0.1) is 0 Å². The lowest BCUT2D eigenvalue weighted by molar-refractivity contribution is 0.671. The molecule has 0 N–H and O–H groups in total. The van der Waals surface area contributed by atoms with E-state index in [9.17, 15) is 5.26 Å². The van der Waals surface area contributed by atoms with Gasteiger partial charge in [0.1, 0.15) is 11.9 Å². The number of pyridine rings is 1. The van der Waals surface area contributed by atoms with Gasteiger partial charge in [0.15, 0.2) is 0 Å². The summed E-state index contributed by atoms with van der Waals surface area (Å²) >= 11 is 0. The second-order valence-corrected chi connectivity index (χ2v) is 6.27. The zero-order valence-electron chi connectivity index (χ0n) is 14.7. The molecule has 3 nitrogen and oxygen atoms in total. The van der Waals surface area contributed by atoms with E-state index in [4.69, 9.17) is 0 Å². The lowest BCUT2D eigenvalue weighted by atomic mass is 9.98. The molecule has 25 heavy (non-hydrogen) atoms. The third-order valence-electron chi connectivity index (χ3n) is 4.50. The highest BCUT2D eigenvalue weighted by Gasteiger charge is 2.19. The van der Waals surface area contributed by atoms with Crippen LogP contribution in [0.1, 0.15) is 36.6 Å². The molecule has 2 aromatic rings. The third-order valence-corrected chi connectivity index (χ3v) is 4.50. The van der Waals surface area contributed by atoms with Gasteiger partial charge in [-0.3, -0.25) is 0 Å². The molecule has 3 heteroatoms. The first-order valence-electron chi connectivity index (χ1n) is 8.56. The van der Waals surface area contributed by atoms with Crippen molar-refractivity contribution in [3.8, 4) is 17.9 Å². The van der Waals surface area contributed by atoms with Crippen LogP contribution < -0.4 is 4.90 Å². The Hall–Kier alpha value is -3.04. The van der Waals surface area contributed by atoms with Crippen LogP contribution >= 0.6 is 0 Å². The fourth-order valence-electron chi connectivity index (χ4n) is 3.01. The maximum absolute atomic E-state index is 9.31. The van der Waals surface area contributed by atoms with Crippen molar-refractivity contribution in [1.29, 1.82) is 5.26 Å². The van der Waals surface area contributed by atoms with Crippen LogP contribution in [-0.2, 0) is 0 Å². The van der Waals surface area contributed by atoms with Crippen LogP contribution in [0.4, 0.5) is 5.82 Å². The molecule has 1 fully saturated rings. The molecule has 1 aromatic carbocycles. The molecule has 0 spiro atoms. The summed E-state index contributed by atoms with van der Waals surface area (Å²) < 4.78 is 0. The van der Waals surface area contributed by atoms with Crippen molar-refractivity contribution in [2.45, 2.75) is 26.7 Å². The average molecular weight is 327 g/mol. The van der Waals surface area contributed by atoms with Gasteiger partial charge in [0.2, 0.25) is 0 Å². The zero-order chi connectivity index (χ0) is 17.6. The van der Waals surface area contributed by atoms with Crippen LogP contribution in [0, 0.1) is 30.1 Å². The lowest BCUT2D eigenvalue weighted by Gasteiger charge is -2.30. The predicted molar refractivity (Wildman–Crippen MR) is 101 cm³/mol. The molecule has 1 aromatic heterocycles. The number of benzene rings is 1. The Labute approximate surface area is 149 Å². The molecular weight excluding hydrogens is 306 g/mol. The van der Waals surface area contributed by atoms with E-state index in [1.807, 2.05) is 49.4 Å². The molecular formula is C22H21N3. The fourth-order valence-corrected chi connectivity index (χ4v) is 3.01. The highest BCUT2D eigenvalue weighted by Crippen LogP contribution is 2.26. The van der Waals surface area contributed by atoms with E-state index in [2.05, 4.69) is 34.7 Å². The highest BCUT2D eigenvalue weighted by molar-refractivity contribution is 5.55. The second-order valence-electron chi connectivity index (χ2n) is 6.27. The summed E-state index contributed by atoms with van der Waals surface area (Å²) in [6.07, 6.45) is 1.94. The number of aromatic nitrogens is 1. The molecule has 0 saturated carbocycles. The third kappa shape index (κ3) is 4.08. The van der Waals surface area contributed by atoms with Crippen LogP contribution in [0.3, 0.4) is 0 Å². The van der Waals surface area contributed by atoms with Crippen molar-refractivity contribution >= 4 is 5.82 Å². The van der Waals surface area contributed by atoms with Gasteiger partial charge in [-0.1, -0.05) is 35.6 Å². The number of anilines is 1. The summed E-state index contributed by atoms with van der Waals surface area (Å²) in [4.78, 5) is 6.79. The summed E-state index contributed by atoms with van der Waals surface area (Å²) in [6, 6.07) is 16.1. The maximum Gasteiger partial charge on any atom is 0.146 e. The van der Waals surface area contributed by atoms with E-state index in [1.165, 1.54) is 11.1 Å². The topological polar surface area (TPSA) is 39.9 Å². The second kappa shape index (κ2) is 7.69. The molecule has 0 atom stereocenters. The Bertz CT molecular complexity index is 882. The smallest absolute Gasteiger partial charge is 0.146 e. The molecule has 3 rings (SSSR count). The van der Waals surface area contributed by atoms with Crippen LogP contribution in [0.25, 0.3) is 0 Å². The van der Waals surface area contributed by atoms with Crippen LogP contribution in [0.2, 0.25) is 0 Å². The number of hydrogen-bond acceptors (Lipinski definition) is 3. The van der Waals surface area contributed by atoms with Crippen molar-refractivity contribution in [2.75, 3.05) is 18.0 Å². The minimum Gasteiger partial charge on any atom is -0.355 e. The molecule has 1 saturated heterocycles. The number of nitrogens with zero attached hydrogens (tertiary/aromatic N) is 3. The summed E-state index contributed by atoms with van der Waals surface area (Å²) in [5, 5.41) is 9.31. The maximum atomic E-state index is 9.31. The Morgan fingerprint density at radius 1 is 1.08 bits per heavy atom. The van der Waals surface area contributed by atoms with Crippen molar-refractivity contribution in [3.63, 3.8) is 0 Å². The number of aryl methyl sites for hydroxylation is 1. The van der Waals surface area contributed by atoms with Gasteiger partial charge in [0.25, 0.3) is 0 Å². The van der Waals surface area contributed by atoms with Gasteiger partial charge < -0.3 is 4.90 Å². The Balaban J connectivity index is 1.73. The van der Waals surface area contributed by atoms with Crippen molar-refractivity contribution < 1.29 is 0 Å². The Kier molecular flexibility index (Phi) is 5.17. The SMILES string of the molecule is CC(C#Cc1ccccc1)=C1CCN(c2nc(C)ccc2C#N)CC1. The van der Waals surface area contributed by atoms with Gasteiger partial charge in [-0.2, -0.15) is 5.26 Å². The normalized spacial score (nSPS) is 13.6. The van der Waals surface area contributed by atoms with Crippen molar-refractivity contribution in [1.82, 2.24) is 4.98 Å². The Morgan fingerprint density at radius 3 is 2.48 bits per heavy atom. The number of hydrogen-bond donors (Lipinski definition) is 0. The number of nitriles is 1. The van der Waals surface area contributed by atoms with Crippen LogP contribution in [-0.4, -0.2) is 18.1 Å². The number of allylic oxidation sites excluding steroid dienone is 1. The van der Waals surface area contributed by atoms with Gasteiger partial charge in [0.05, 0.1) is 5.56 Å². The largest absolute Gasteiger partial charge is 0.355 e. The van der Waals surface area contributed by atoms with E-state index in [-0.39, 0.29) is 0 Å². The fraction of sp³-hybridized carbons (Fsp3) is 0.273. The molecule has 0 bridgehead atoms. The predicted octanol–water partition coefficient (Wildman–Crippen LogP) is 4.23. The molecule has 1 aliphatic heterocycles. The summed E-state index contributed by atoms with van der Waals surface area (Å²) in [5.41, 5.74) is 5.22. The van der Waals surface area contributed by atoms with Gasteiger partial charge in [0, 0.05) is 24.3 Å². The lowest BCUT2D eigenvalue weighted by Crippen LogP contribution is -2.32. The summed E-state index contributed by atoms with van der Waals surface area (Å²) in [5.74, 6) is 7.35. The standard InChI is InChI=1S/C22H21N3/c1-17(8-10-19-6-4-3-5-7-19)20-12-14-25(15-13-20)22-21(16-23)11-9-18(2)24-22/h3-7,9,11H,12-15H2,1-2H3. The monoisotopic (exact) mass is 327 g/mol. The van der Waals surface area contributed by atoms with Crippen LogP contribution in [0.5, 0.6) is 0 Å². The summed E-state index contributed by atoms with van der Waals surface area (Å²) in [7, 11) is 0. The number of piperidine rings is 1.